The SMILES string of the molecule is Cc1cccc(C)c1C(=O)NC(c1ccccc1)C12CCC(CC1)N2. The zero-order chi connectivity index (χ0) is 17.4. The van der Waals surface area contributed by atoms with E-state index >= 15 is 0 Å². The molecule has 0 saturated carbocycles. The van der Waals surface area contributed by atoms with Crippen LogP contribution in [0.25, 0.3) is 0 Å². The number of rotatable bonds is 4. The molecule has 0 aliphatic carbocycles. The Bertz CT molecular complexity index is 756. The average molecular weight is 334 g/mol. The highest BCUT2D eigenvalue weighted by Gasteiger charge is 2.50. The van der Waals surface area contributed by atoms with Gasteiger partial charge in [-0.1, -0.05) is 48.5 Å². The highest BCUT2D eigenvalue weighted by molar-refractivity contribution is 5.97. The number of carbonyl (C=O) groups excluding carboxylic acids is 1. The number of amides is 1. The van der Waals surface area contributed by atoms with Gasteiger partial charge in [0.15, 0.2) is 0 Å². The molecule has 0 radical (unpaired) electrons. The second-order valence-corrected chi connectivity index (χ2v) is 7.66. The molecule has 0 spiro atoms. The number of carbonyl (C=O) groups is 1. The Morgan fingerprint density at radius 1 is 1.04 bits per heavy atom. The Balaban J connectivity index is 1.69. The minimum absolute atomic E-state index is 0.00172. The lowest BCUT2D eigenvalue weighted by Crippen LogP contribution is -2.50. The summed E-state index contributed by atoms with van der Waals surface area (Å²) in [5, 5.41) is 7.20. The second kappa shape index (κ2) is 6.30. The van der Waals surface area contributed by atoms with Gasteiger partial charge in [-0.3, -0.25) is 4.79 Å². The number of hydrogen-bond donors (Lipinski definition) is 2. The van der Waals surface area contributed by atoms with Crippen molar-refractivity contribution in [2.75, 3.05) is 0 Å². The molecule has 3 heteroatoms. The predicted octanol–water partition coefficient (Wildman–Crippen LogP) is 4.06. The van der Waals surface area contributed by atoms with Crippen molar-refractivity contribution in [2.45, 2.75) is 57.2 Å². The van der Waals surface area contributed by atoms with Crippen LogP contribution in [0.3, 0.4) is 0 Å². The van der Waals surface area contributed by atoms with Crippen LogP contribution in [-0.4, -0.2) is 17.5 Å². The summed E-state index contributed by atoms with van der Waals surface area (Å²) >= 11 is 0. The molecule has 4 rings (SSSR count). The van der Waals surface area contributed by atoms with Crippen LogP contribution < -0.4 is 10.6 Å². The van der Waals surface area contributed by atoms with Crippen molar-refractivity contribution in [1.29, 1.82) is 0 Å². The first-order valence-electron chi connectivity index (χ1n) is 9.29. The first-order chi connectivity index (χ1) is 12.1. The molecule has 2 N–H and O–H groups in total. The van der Waals surface area contributed by atoms with Crippen molar-refractivity contribution in [2.24, 2.45) is 0 Å². The Morgan fingerprint density at radius 3 is 2.24 bits per heavy atom. The molecule has 2 aliphatic rings. The summed E-state index contributed by atoms with van der Waals surface area (Å²) in [4.78, 5) is 13.2. The topological polar surface area (TPSA) is 41.1 Å². The zero-order valence-corrected chi connectivity index (χ0v) is 15.0. The standard InChI is InChI=1S/C22H26N2O/c1-15-7-6-8-16(2)19(15)21(25)23-20(17-9-4-3-5-10-17)22-13-11-18(24-22)12-14-22/h3-10,18,20,24H,11-14H2,1-2H3,(H,23,25). The second-order valence-electron chi connectivity index (χ2n) is 7.66. The van der Waals surface area contributed by atoms with Gasteiger partial charge in [-0.25, -0.2) is 0 Å². The molecule has 1 amide bonds. The van der Waals surface area contributed by atoms with E-state index in [1.807, 2.05) is 38.1 Å². The Kier molecular flexibility index (Phi) is 4.12. The third-order valence-corrected chi connectivity index (χ3v) is 6.04. The molecule has 0 aromatic heterocycles. The van der Waals surface area contributed by atoms with Gasteiger partial charge in [0.1, 0.15) is 0 Å². The fourth-order valence-corrected chi connectivity index (χ4v) is 4.76. The minimum atomic E-state index is -0.00172. The molecule has 2 fully saturated rings. The van der Waals surface area contributed by atoms with Gasteiger partial charge < -0.3 is 10.6 Å². The zero-order valence-electron chi connectivity index (χ0n) is 15.0. The summed E-state index contributed by atoms with van der Waals surface area (Å²) in [7, 11) is 0. The molecule has 1 unspecified atom stereocenters. The van der Waals surface area contributed by atoms with E-state index in [4.69, 9.17) is 0 Å². The van der Waals surface area contributed by atoms with Crippen LogP contribution in [0.1, 0.15) is 58.8 Å². The van der Waals surface area contributed by atoms with Crippen LogP contribution in [0, 0.1) is 13.8 Å². The fourth-order valence-electron chi connectivity index (χ4n) is 4.76. The number of fused-ring (bicyclic) bond motifs is 2. The molecule has 25 heavy (non-hydrogen) atoms. The van der Waals surface area contributed by atoms with Gasteiger partial charge in [-0.2, -0.15) is 0 Å². The molecule has 2 aliphatic heterocycles. The first kappa shape index (κ1) is 16.3. The molecule has 2 heterocycles. The summed E-state index contributed by atoms with van der Waals surface area (Å²) < 4.78 is 0. The molecule has 1 atom stereocenters. The third-order valence-electron chi connectivity index (χ3n) is 6.04. The number of nitrogens with one attached hydrogen (secondary N) is 2. The lowest BCUT2D eigenvalue weighted by molar-refractivity contribution is 0.0906. The van der Waals surface area contributed by atoms with Crippen LogP contribution in [-0.2, 0) is 0 Å². The number of aryl methyl sites for hydroxylation is 2. The highest BCUT2D eigenvalue weighted by Crippen LogP contribution is 2.45. The average Bonchev–Trinajstić information content (AvgIpc) is 3.22. The molecule has 2 aromatic carbocycles. The van der Waals surface area contributed by atoms with Crippen molar-refractivity contribution in [3.05, 3.63) is 70.8 Å². The Labute approximate surface area is 149 Å². The van der Waals surface area contributed by atoms with E-state index in [-0.39, 0.29) is 17.5 Å². The van der Waals surface area contributed by atoms with Gasteiger partial charge in [0, 0.05) is 17.1 Å². The summed E-state index contributed by atoms with van der Waals surface area (Å²) in [5.74, 6) is 0.0379. The van der Waals surface area contributed by atoms with Crippen LogP contribution in [0.5, 0.6) is 0 Å². The van der Waals surface area contributed by atoms with E-state index in [0.717, 1.165) is 29.5 Å². The maximum atomic E-state index is 13.2. The van der Waals surface area contributed by atoms with Crippen molar-refractivity contribution < 1.29 is 4.79 Å². The van der Waals surface area contributed by atoms with Crippen molar-refractivity contribution in [3.63, 3.8) is 0 Å². The van der Waals surface area contributed by atoms with Crippen molar-refractivity contribution in [3.8, 4) is 0 Å². The molecule has 2 aromatic rings. The van der Waals surface area contributed by atoms with Gasteiger partial charge in [-0.05, 0) is 56.2 Å². The Morgan fingerprint density at radius 2 is 1.68 bits per heavy atom. The summed E-state index contributed by atoms with van der Waals surface area (Å²) in [5.41, 5.74) is 4.07. The van der Waals surface area contributed by atoms with Gasteiger partial charge in [-0.15, -0.1) is 0 Å². The molecule has 130 valence electrons. The predicted molar refractivity (Wildman–Crippen MR) is 101 cm³/mol. The molecular formula is C22H26N2O. The number of hydrogen-bond acceptors (Lipinski definition) is 2. The minimum Gasteiger partial charge on any atom is -0.343 e. The van der Waals surface area contributed by atoms with Crippen molar-refractivity contribution >= 4 is 5.91 Å². The third kappa shape index (κ3) is 2.87. The number of benzene rings is 2. The summed E-state index contributed by atoms with van der Waals surface area (Å²) in [6.07, 6.45) is 4.68. The van der Waals surface area contributed by atoms with E-state index in [1.54, 1.807) is 0 Å². The van der Waals surface area contributed by atoms with Gasteiger partial charge in [0.05, 0.1) is 6.04 Å². The molecular weight excluding hydrogens is 308 g/mol. The van der Waals surface area contributed by atoms with E-state index in [2.05, 4.69) is 34.9 Å². The first-order valence-corrected chi connectivity index (χ1v) is 9.29. The smallest absolute Gasteiger partial charge is 0.252 e. The van der Waals surface area contributed by atoms with Gasteiger partial charge >= 0.3 is 0 Å². The van der Waals surface area contributed by atoms with Crippen LogP contribution in [0.4, 0.5) is 0 Å². The van der Waals surface area contributed by atoms with Gasteiger partial charge in [0.25, 0.3) is 5.91 Å². The molecule has 2 saturated heterocycles. The van der Waals surface area contributed by atoms with Gasteiger partial charge in [0.2, 0.25) is 0 Å². The lowest BCUT2D eigenvalue weighted by Gasteiger charge is -2.37. The maximum Gasteiger partial charge on any atom is 0.252 e. The normalized spacial score (nSPS) is 25.8. The molecule has 3 nitrogen and oxygen atoms in total. The summed E-state index contributed by atoms with van der Waals surface area (Å²) in [6.45, 7) is 4.02. The van der Waals surface area contributed by atoms with E-state index in [0.29, 0.717) is 6.04 Å². The lowest BCUT2D eigenvalue weighted by atomic mass is 9.78. The van der Waals surface area contributed by atoms with E-state index in [9.17, 15) is 4.79 Å². The van der Waals surface area contributed by atoms with Crippen LogP contribution in [0.2, 0.25) is 0 Å². The fraction of sp³-hybridized carbons (Fsp3) is 0.409. The monoisotopic (exact) mass is 334 g/mol. The maximum absolute atomic E-state index is 13.2. The van der Waals surface area contributed by atoms with Crippen LogP contribution in [0.15, 0.2) is 48.5 Å². The Hall–Kier alpha value is -2.13. The van der Waals surface area contributed by atoms with E-state index < -0.39 is 0 Å². The quantitative estimate of drug-likeness (QED) is 0.885. The van der Waals surface area contributed by atoms with Crippen LogP contribution >= 0.6 is 0 Å². The largest absolute Gasteiger partial charge is 0.343 e. The highest BCUT2D eigenvalue weighted by atomic mass is 16.1. The van der Waals surface area contributed by atoms with E-state index in [1.165, 1.54) is 18.4 Å². The molecule has 2 bridgehead atoms. The van der Waals surface area contributed by atoms with Crippen molar-refractivity contribution in [1.82, 2.24) is 10.6 Å². The summed E-state index contributed by atoms with van der Waals surface area (Å²) in [6, 6.07) is 17.1.